The number of hydrogen-bond acceptors (Lipinski definition) is 4. The monoisotopic (exact) mass is 449 g/mol. The summed E-state index contributed by atoms with van der Waals surface area (Å²) in [6, 6.07) is 16.7. The number of thioether (sulfide) groups is 1. The minimum atomic E-state index is -0.232. The second-order valence-electron chi connectivity index (χ2n) is 8.38. The summed E-state index contributed by atoms with van der Waals surface area (Å²) in [5.41, 5.74) is 4.71. The van der Waals surface area contributed by atoms with Crippen LogP contribution in [0.15, 0.2) is 71.9 Å². The minimum Gasteiger partial charge on any atom is -0.351 e. The number of carbonyl (C=O) groups is 1. The summed E-state index contributed by atoms with van der Waals surface area (Å²) in [5, 5.41) is 3.36. The van der Waals surface area contributed by atoms with Gasteiger partial charge in [-0.25, -0.2) is 4.39 Å². The molecule has 1 aromatic heterocycles. The molecule has 3 aromatic rings. The van der Waals surface area contributed by atoms with E-state index in [-0.39, 0.29) is 23.0 Å². The van der Waals surface area contributed by atoms with E-state index in [1.165, 1.54) is 28.8 Å². The zero-order chi connectivity index (χ0) is 22.5. The van der Waals surface area contributed by atoms with Crippen molar-refractivity contribution in [2.24, 2.45) is 0 Å². The predicted molar refractivity (Wildman–Crippen MR) is 127 cm³/mol. The van der Waals surface area contributed by atoms with E-state index in [0.29, 0.717) is 6.54 Å². The van der Waals surface area contributed by atoms with E-state index in [1.54, 1.807) is 24.2 Å². The number of amides is 1. The first kappa shape index (κ1) is 22.5. The van der Waals surface area contributed by atoms with Crippen LogP contribution in [-0.2, 0) is 17.9 Å². The second kappa shape index (κ2) is 10.3. The van der Waals surface area contributed by atoms with Gasteiger partial charge < -0.3 is 5.32 Å². The highest BCUT2D eigenvalue weighted by atomic mass is 32.2. The van der Waals surface area contributed by atoms with Gasteiger partial charge in [-0.3, -0.25) is 14.7 Å². The predicted octanol–water partition coefficient (Wildman–Crippen LogP) is 4.89. The van der Waals surface area contributed by atoms with Crippen LogP contribution in [-0.4, -0.2) is 33.6 Å². The van der Waals surface area contributed by atoms with Gasteiger partial charge in [0, 0.05) is 42.2 Å². The highest BCUT2D eigenvalue weighted by molar-refractivity contribution is 8.00. The molecule has 166 valence electrons. The van der Waals surface area contributed by atoms with Crippen molar-refractivity contribution in [1.82, 2.24) is 15.2 Å². The van der Waals surface area contributed by atoms with Crippen molar-refractivity contribution >= 4 is 17.7 Å². The van der Waals surface area contributed by atoms with E-state index in [0.717, 1.165) is 30.0 Å². The number of carbonyl (C=O) groups excluding carboxylic acids is 1. The number of nitrogens with zero attached hydrogens (tertiary/aromatic N) is 2. The van der Waals surface area contributed by atoms with Crippen LogP contribution in [0.4, 0.5) is 4.39 Å². The molecule has 2 atom stereocenters. The number of halogens is 1. The molecule has 0 aliphatic carbocycles. The van der Waals surface area contributed by atoms with Crippen LogP contribution < -0.4 is 5.32 Å². The largest absolute Gasteiger partial charge is 0.351 e. The van der Waals surface area contributed by atoms with Gasteiger partial charge >= 0.3 is 0 Å². The number of benzene rings is 2. The molecule has 0 bridgehead atoms. The maximum absolute atomic E-state index is 13.3. The second-order valence-corrected chi connectivity index (χ2v) is 9.76. The Kier molecular flexibility index (Phi) is 7.22. The summed E-state index contributed by atoms with van der Waals surface area (Å²) < 4.78 is 13.3. The SMILES string of the molecule is Cc1ccc(CN2C[C@H](Sc3ccc(F)cc3)C[C@H]2C(=O)NCc2cccnc2)c(C)c1. The third kappa shape index (κ3) is 5.75. The molecule has 32 heavy (non-hydrogen) atoms. The van der Waals surface area contributed by atoms with Gasteiger partial charge in [-0.2, -0.15) is 0 Å². The Morgan fingerprint density at radius 3 is 2.72 bits per heavy atom. The molecule has 4 rings (SSSR count). The fourth-order valence-corrected chi connectivity index (χ4v) is 5.37. The van der Waals surface area contributed by atoms with Crippen LogP contribution in [0.1, 0.15) is 28.7 Å². The fourth-order valence-electron chi connectivity index (χ4n) is 4.15. The van der Waals surface area contributed by atoms with E-state index in [9.17, 15) is 9.18 Å². The summed E-state index contributed by atoms with van der Waals surface area (Å²) in [6.45, 7) is 6.23. The molecule has 4 nitrogen and oxygen atoms in total. The number of aryl methyl sites for hydroxylation is 2. The maximum Gasteiger partial charge on any atom is 0.237 e. The Labute approximate surface area is 193 Å². The highest BCUT2D eigenvalue weighted by Crippen LogP contribution is 2.34. The van der Waals surface area contributed by atoms with Gasteiger partial charge in [0.2, 0.25) is 5.91 Å². The molecule has 0 saturated carbocycles. The number of likely N-dealkylation sites (tertiary alicyclic amines) is 1. The standard InChI is InChI=1S/C26H28FN3OS/c1-18-5-6-21(19(2)12-18)16-30-17-24(32-23-9-7-22(27)8-10-23)13-25(30)26(31)29-15-20-4-3-11-28-14-20/h3-12,14,24-25H,13,15-17H2,1-2H3,(H,29,31)/t24-,25+/m1/s1. The molecular weight excluding hydrogens is 421 g/mol. The lowest BCUT2D eigenvalue weighted by Crippen LogP contribution is -2.42. The normalized spacial score (nSPS) is 18.6. The third-order valence-corrected chi connectivity index (χ3v) is 7.06. The molecule has 0 unspecified atom stereocenters. The third-order valence-electron chi connectivity index (χ3n) is 5.85. The summed E-state index contributed by atoms with van der Waals surface area (Å²) >= 11 is 1.72. The molecular formula is C26H28FN3OS. The summed E-state index contributed by atoms with van der Waals surface area (Å²) in [5.74, 6) is -0.189. The molecule has 1 aliphatic heterocycles. The maximum atomic E-state index is 13.3. The lowest BCUT2D eigenvalue weighted by Gasteiger charge is -2.24. The molecule has 2 aromatic carbocycles. The topological polar surface area (TPSA) is 45.2 Å². The van der Waals surface area contributed by atoms with E-state index >= 15 is 0 Å². The Balaban J connectivity index is 1.48. The van der Waals surface area contributed by atoms with Crippen molar-refractivity contribution in [3.63, 3.8) is 0 Å². The van der Waals surface area contributed by atoms with Gasteiger partial charge in [-0.1, -0.05) is 29.8 Å². The van der Waals surface area contributed by atoms with Crippen LogP contribution >= 0.6 is 11.8 Å². The molecule has 0 spiro atoms. The smallest absolute Gasteiger partial charge is 0.237 e. The lowest BCUT2D eigenvalue weighted by atomic mass is 10.0. The van der Waals surface area contributed by atoms with Crippen molar-refractivity contribution in [2.45, 2.75) is 49.5 Å². The van der Waals surface area contributed by atoms with Gasteiger partial charge in [0.05, 0.1) is 6.04 Å². The first-order valence-electron chi connectivity index (χ1n) is 10.9. The highest BCUT2D eigenvalue weighted by Gasteiger charge is 2.37. The summed E-state index contributed by atoms with van der Waals surface area (Å²) in [7, 11) is 0. The van der Waals surface area contributed by atoms with Gasteiger partial charge in [-0.15, -0.1) is 11.8 Å². The molecule has 1 saturated heterocycles. The Morgan fingerprint density at radius 1 is 1.19 bits per heavy atom. The molecule has 6 heteroatoms. The average molecular weight is 450 g/mol. The van der Waals surface area contributed by atoms with E-state index < -0.39 is 0 Å². The van der Waals surface area contributed by atoms with Gasteiger partial charge in [0.25, 0.3) is 0 Å². The number of pyridine rings is 1. The van der Waals surface area contributed by atoms with Crippen molar-refractivity contribution < 1.29 is 9.18 Å². The van der Waals surface area contributed by atoms with Crippen LogP contribution in [0.25, 0.3) is 0 Å². The molecule has 1 N–H and O–H groups in total. The Hall–Kier alpha value is -2.70. The molecule has 1 fully saturated rings. The zero-order valence-electron chi connectivity index (χ0n) is 18.4. The van der Waals surface area contributed by atoms with E-state index in [2.05, 4.69) is 47.2 Å². The summed E-state index contributed by atoms with van der Waals surface area (Å²) in [4.78, 5) is 20.6. The number of aromatic nitrogens is 1. The zero-order valence-corrected chi connectivity index (χ0v) is 19.2. The summed E-state index contributed by atoms with van der Waals surface area (Å²) in [6.07, 6.45) is 4.26. The quantitative estimate of drug-likeness (QED) is 0.558. The van der Waals surface area contributed by atoms with Crippen molar-refractivity contribution in [3.05, 3.63) is 95.1 Å². The number of nitrogens with one attached hydrogen (secondary N) is 1. The van der Waals surface area contributed by atoms with Gasteiger partial charge in [0.15, 0.2) is 0 Å². The van der Waals surface area contributed by atoms with Crippen LogP contribution in [0.2, 0.25) is 0 Å². The van der Waals surface area contributed by atoms with Crippen molar-refractivity contribution in [3.8, 4) is 0 Å². The average Bonchev–Trinajstić information content (AvgIpc) is 3.18. The number of rotatable bonds is 7. The van der Waals surface area contributed by atoms with Gasteiger partial charge in [-0.05, 0) is 67.3 Å². The first-order valence-corrected chi connectivity index (χ1v) is 11.7. The van der Waals surface area contributed by atoms with E-state index in [4.69, 9.17) is 0 Å². The Bertz CT molecular complexity index is 1060. The molecule has 2 heterocycles. The molecule has 0 radical (unpaired) electrons. The van der Waals surface area contributed by atoms with Crippen LogP contribution in [0, 0.1) is 19.7 Å². The lowest BCUT2D eigenvalue weighted by molar-refractivity contribution is -0.125. The molecule has 1 amide bonds. The van der Waals surface area contributed by atoms with Crippen molar-refractivity contribution in [1.29, 1.82) is 0 Å². The van der Waals surface area contributed by atoms with Crippen molar-refractivity contribution in [2.75, 3.05) is 6.54 Å². The minimum absolute atomic E-state index is 0.0424. The number of hydrogen-bond donors (Lipinski definition) is 1. The van der Waals surface area contributed by atoms with Gasteiger partial charge in [0.1, 0.15) is 5.82 Å². The van der Waals surface area contributed by atoms with E-state index in [1.807, 2.05) is 24.3 Å². The van der Waals surface area contributed by atoms with Crippen LogP contribution in [0.5, 0.6) is 0 Å². The first-order chi connectivity index (χ1) is 15.5. The van der Waals surface area contributed by atoms with Crippen LogP contribution in [0.3, 0.4) is 0 Å². The fraction of sp³-hybridized carbons (Fsp3) is 0.308. The Morgan fingerprint density at radius 2 is 2.00 bits per heavy atom. The molecule has 1 aliphatic rings.